The van der Waals surface area contributed by atoms with Crippen LogP contribution in [0.3, 0.4) is 0 Å². The van der Waals surface area contributed by atoms with Gasteiger partial charge in [-0.3, -0.25) is 0 Å². The van der Waals surface area contributed by atoms with Crippen molar-refractivity contribution in [3.8, 4) is 0 Å². The minimum absolute atomic E-state index is 0.0602. The number of carbonyl (C=O) groups is 2. The Morgan fingerprint density at radius 2 is 0.824 bits per heavy atom. The first-order chi connectivity index (χ1) is 49.3. The number of carbonyl (C=O) groups excluding carboxylic acids is 2. The van der Waals surface area contributed by atoms with Gasteiger partial charge in [0.25, 0.3) is 0 Å². The molecule has 0 spiro atoms. The molecular weight excluding hydrogens is 1240 g/mol. The van der Waals surface area contributed by atoms with Crippen molar-refractivity contribution < 1.29 is 19.1 Å². The Labute approximate surface area is 630 Å². The lowest BCUT2D eigenvalue weighted by atomic mass is 9.34. The molecule has 8 rings (SSSR count). The largest absolute Gasteiger partial charge is 0.455 e. The molecule has 0 aliphatic heterocycles. The highest BCUT2D eigenvalue weighted by molar-refractivity contribution is 5.84. The number of allylic oxidation sites excluding steroid dienone is 18. The Morgan fingerprint density at radius 3 is 1.30 bits per heavy atom. The van der Waals surface area contributed by atoms with E-state index in [0.29, 0.717) is 58.2 Å². The Balaban J connectivity index is 1.13. The molecule has 21 atom stereocenters. The highest BCUT2D eigenvalue weighted by Crippen LogP contribution is 2.77. The molecule has 0 saturated heterocycles. The number of esters is 2. The molecular formula is C98H158O4. The van der Waals surface area contributed by atoms with E-state index in [1.165, 1.54) is 212 Å². The van der Waals surface area contributed by atoms with Crippen LogP contribution in [0.5, 0.6) is 0 Å². The SMILES string of the molecule is CCCCCCCCC/C=C/C=C/C=C/C=C/C=C/C(=O)OC1CCC2CC[C@@H]3[C@@H]4CC[C@H]([C@H](C)CC[C@@H](CC)C(C)C)[C@@]4(C)CC[C@@H]3[C@@]2(C)C1(OC(=O)/C=C/C=C/C=C/C=C/C=C/CCCCCCCCC)C1CCCC2CC[C@H]3[C@H](CC[C@]4(C)[C@@H]([C@H](C)CC[C@@H](CC)C(C)C)CC[C@@H]34)[C@]21C. The van der Waals surface area contributed by atoms with Crippen molar-refractivity contribution in [1.82, 2.24) is 0 Å². The Kier molecular flexibility index (Phi) is 34.3. The molecule has 0 bridgehead atoms. The van der Waals surface area contributed by atoms with E-state index in [1.807, 2.05) is 42.5 Å². The maximum absolute atomic E-state index is 15.9. The molecule has 0 radical (unpaired) electrons. The molecule has 8 aliphatic rings. The van der Waals surface area contributed by atoms with Gasteiger partial charge < -0.3 is 9.47 Å². The smallest absolute Gasteiger partial charge is 0.331 e. The summed E-state index contributed by atoms with van der Waals surface area (Å²) < 4.78 is 15.5. The second-order valence-corrected chi connectivity index (χ2v) is 37.2. The van der Waals surface area contributed by atoms with Gasteiger partial charge in [0.1, 0.15) is 6.10 Å². The van der Waals surface area contributed by atoms with Crippen LogP contribution in [-0.4, -0.2) is 23.6 Å². The Hall–Kier alpha value is -3.66. The number of unbranched alkanes of at least 4 members (excludes halogenated alkanes) is 14. The molecule has 0 amide bonds. The molecule has 0 aromatic heterocycles. The molecule has 8 saturated carbocycles. The summed E-state index contributed by atoms with van der Waals surface area (Å²) in [6.07, 6.45) is 89.9. The van der Waals surface area contributed by atoms with Gasteiger partial charge in [0, 0.05) is 23.5 Å². The number of hydrogen-bond acceptors (Lipinski definition) is 4. The summed E-state index contributed by atoms with van der Waals surface area (Å²) >= 11 is 0. The lowest BCUT2D eigenvalue weighted by molar-refractivity contribution is -0.315. The van der Waals surface area contributed by atoms with Crippen LogP contribution in [0.15, 0.2) is 122 Å². The van der Waals surface area contributed by atoms with Crippen LogP contribution in [0.25, 0.3) is 0 Å². The minimum Gasteiger partial charge on any atom is -0.455 e. The first kappa shape index (κ1) is 84.0. The third kappa shape index (κ3) is 20.4. The first-order valence-electron chi connectivity index (χ1n) is 44.4. The van der Waals surface area contributed by atoms with E-state index < -0.39 is 17.1 Å². The second-order valence-electron chi connectivity index (χ2n) is 37.2. The summed E-state index contributed by atoms with van der Waals surface area (Å²) in [6, 6.07) is 0. The van der Waals surface area contributed by atoms with Crippen LogP contribution < -0.4 is 0 Å². The van der Waals surface area contributed by atoms with Crippen LogP contribution in [-0.2, 0) is 19.1 Å². The van der Waals surface area contributed by atoms with Gasteiger partial charge in [-0.15, -0.1) is 0 Å². The van der Waals surface area contributed by atoms with E-state index >= 15 is 9.59 Å². The van der Waals surface area contributed by atoms with Crippen molar-refractivity contribution in [2.75, 3.05) is 0 Å². The quantitative estimate of drug-likeness (QED) is 0.0265. The van der Waals surface area contributed by atoms with Crippen molar-refractivity contribution in [2.45, 2.75) is 359 Å². The number of rotatable bonds is 41. The maximum Gasteiger partial charge on any atom is 0.331 e. The van der Waals surface area contributed by atoms with Crippen LogP contribution in [0.1, 0.15) is 347 Å². The summed E-state index contributed by atoms with van der Waals surface area (Å²) in [6.45, 7) is 35.5. The standard InChI is InChI=1S/C98H158O4/c1-15-19-21-23-25-27-29-31-33-35-37-39-41-43-45-47-49-54-92(99)101-91-69-62-81-61-64-83-87-68-66-85(77(10)57-59-79(18-4)75(7)8)95(87,12)73-71-89(83)97(81,14)98(91,102-93(100)55-50-48-46-44-42-40-38-36-34-32-30-28-26-24-22-20-16-2)90-53-51-52-80-60-63-82-86-67-65-84(76(9)56-58-78(17-3)74(5)6)94(86,11)72-70-88(82)96(80,90)13/h33-50,54-55,74-91H,15-32,51-53,56-73H2,1-14H3/b35-33+,36-34+,39-37+,40-38+,43-41+,44-42+,47-45+,48-46+,54-49+,55-50+/t76-,77-,78-,79-,80?,81?,82-,83-,84-,85-,86+,87+,88+,89+,90?,91?,94-,95-,96+,97+,98?/m1/s1. The fraction of sp³-hybridized carbons (Fsp3) is 0.776. The fourth-order valence-corrected chi connectivity index (χ4v) is 25.9. The zero-order valence-corrected chi connectivity index (χ0v) is 68.6. The van der Waals surface area contributed by atoms with Gasteiger partial charge in [-0.25, -0.2) is 9.59 Å². The lowest BCUT2D eigenvalue weighted by Gasteiger charge is -2.73. The highest BCUT2D eigenvalue weighted by Gasteiger charge is 2.77. The third-order valence-electron chi connectivity index (χ3n) is 31.5. The van der Waals surface area contributed by atoms with Crippen LogP contribution in [0.4, 0.5) is 0 Å². The molecule has 0 aromatic rings. The average molecular weight is 1400 g/mol. The Morgan fingerprint density at radius 1 is 0.402 bits per heavy atom. The average Bonchev–Trinajstić information content (AvgIpc) is 0.845. The minimum atomic E-state index is -1.02. The highest BCUT2D eigenvalue weighted by atomic mass is 16.6. The topological polar surface area (TPSA) is 52.6 Å². The van der Waals surface area contributed by atoms with Crippen LogP contribution >= 0.6 is 0 Å². The van der Waals surface area contributed by atoms with Gasteiger partial charge >= 0.3 is 11.9 Å². The van der Waals surface area contributed by atoms with Crippen LogP contribution in [0, 0.1) is 122 Å². The molecule has 8 fully saturated rings. The van der Waals surface area contributed by atoms with E-state index in [-0.39, 0.29) is 23.3 Å². The molecule has 102 heavy (non-hydrogen) atoms. The van der Waals surface area contributed by atoms with Crippen molar-refractivity contribution in [2.24, 2.45) is 122 Å². The molecule has 574 valence electrons. The zero-order valence-electron chi connectivity index (χ0n) is 68.6. The summed E-state index contributed by atoms with van der Waals surface area (Å²) in [4.78, 5) is 31.1. The molecule has 0 N–H and O–H groups in total. The maximum atomic E-state index is 15.9. The number of ether oxygens (including phenoxy) is 2. The molecule has 4 nitrogen and oxygen atoms in total. The van der Waals surface area contributed by atoms with Gasteiger partial charge in [-0.2, -0.15) is 0 Å². The van der Waals surface area contributed by atoms with E-state index in [2.05, 4.69) is 164 Å². The van der Waals surface area contributed by atoms with E-state index in [0.717, 1.165) is 85.9 Å². The molecule has 0 heterocycles. The summed E-state index contributed by atoms with van der Waals surface area (Å²) in [5, 5.41) is 0. The normalized spacial score (nSPS) is 35.5. The molecule has 5 unspecified atom stereocenters. The predicted molar refractivity (Wildman–Crippen MR) is 439 cm³/mol. The predicted octanol–water partition coefficient (Wildman–Crippen LogP) is 28.8. The zero-order chi connectivity index (χ0) is 73.2. The van der Waals surface area contributed by atoms with Crippen LogP contribution in [0.2, 0.25) is 0 Å². The first-order valence-corrected chi connectivity index (χ1v) is 44.4. The molecule has 0 aromatic carbocycles. The van der Waals surface area contributed by atoms with Gasteiger partial charge in [0.15, 0.2) is 5.60 Å². The van der Waals surface area contributed by atoms with Gasteiger partial charge in [0.2, 0.25) is 0 Å². The third-order valence-corrected chi connectivity index (χ3v) is 31.5. The second kappa shape index (κ2) is 41.6. The summed E-state index contributed by atoms with van der Waals surface area (Å²) in [5.41, 5.74) is -0.845. The van der Waals surface area contributed by atoms with E-state index in [1.54, 1.807) is 12.2 Å². The molecule has 4 heteroatoms. The summed E-state index contributed by atoms with van der Waals surface area (Å²) in [5.74, 6) is 10.0. The number of fused-ring (bicyclic) bond motifs is 10. The Bertz CT molecular complexity index is 2790. The monoisotopic (exact) mass is 1400 g/mol. The molecule has 8 aliphatic carbocycles. The van der Waals surface area contributed by atoms with Gasteiger partial charge in [-0.1, -0.05) is 315 Å². The summed E-state index contributed by atoms with van der Waals surface area (Å²) in [7, 11) is 0. The van der Waals surface area contributed by atoms with Gasteiger partial charge in [-0.05, 0) is 252 Å². The van der Waals surface area contributed by atoms with Gasteiger partial charge in [0.05, 0.1) is 0 Å². The van der Waals surface area contributed by atoms with E-state index in [9.17, 15) is 0 Å². The number of hydrogen-bond donors (Lipinski definition) is 0. The van der Waals surface area contributed by atoms with Crippen molar-refractivity contribution in [3.63, 3.8) is 0 Å². The lowest BCUT2D eigenvalue weighted by Crippen LogP contribution is -2.76. The van der Waals surface area contributed by atoms with Crippen molar-refractivity contribution in [1.29, 1.82) is 0 Å². The van der Waals surface area contributed by atoms with Crippen molar-refractivity contribution >= 4 is 11.9 Å². The van der Waals surface area contributed by atoms with Crippen molar-refractivity contribution in [3.05, 3.63) is 122 Å². The fourth-order valence-electron chi connectivity index (χ4n) is 25.9. The van der Waals surface area contributed by atoms with E-state index in [4.69, 9.17) is 9.47 Å².